The number of hydrogen-bond acceptors (Lipinski definition) is 5. The molecule has 1 rings (SSSR count). The summed E-state index contributed by atoms with van der Waals surface area (Å²) in [5, 5.41) is 1.78. The molecule has 0 saturated carbocycles. The quantitative estimate of drug-likeness (QED) is 0.603. The van der Waals surface area contributed by atoms with Crippen molar-refractivity contribution in [2.24, 2.45) is 0 Å². The van der Waals surface area contributed by atoms with E-state index in [1.807, 2.05) is 13.8 Å². The molecule has 5 nitrogen and oxygen atoms in total. The van der Waals surface area contributed by atoms with Gasteiger partial charge in [0.05, 0.1) is 0 Å². The lowest BCUT2D eigenvalue weighted by atomic mass is 10.3. The van der Waals surface area contributed by atoms with E-state index in [4.69, 9.17) is 4.84 Å². The van der Waals surface area contributed by atoms with Crippen molar-refractivity contribution in [1.82, 2.24) is 5.06 Å². The summed E-state index contributed by atoms with van der Waals surface area (Å²) in [6.07, 6.45) is 0. The maximum atomic E-state index is 10.3. The van der Waals surface area contributed by atoms with Crippen molar-refractivity contribution in [2.45, 2.75) is 13.8 Å². The van der Waals surface area contributed by atoms with Crippen LogP contribution in [-0.4, -0.2) is 26.6 Å². The molecule has 6 heteroatoms. The summed E-state index contributed by atoms with van der Waals surface area (Å²) < 4.78 is 25.1. The second-order valence-electron chi connectivity index (χ2n) is 2.99. The highest BCUT2D eigenvalue weighted by Crippen LogP contribution is 2.18. The Labute approximate surface area is 96.7 Å². The van der Waals surface area contributed by atoms with Crippen LogP contribution in [0.2, 0.25) is 0 Å². The molecule has 0 atom stereocenters. The van der Waals surface area contributed by atoms with E-state index >= 15 is 0 Å². The fourth-order valence-corrected chi connectivity index (χ4v) is 1.44. The Bertz CT molecular complexity index is 376. The molecule has 0 radical (unpaired) electrons. The normalized spacial score (nSPS) is 10.8. The summed E-state index contributed by atoms with van der Waals surface area (Å²) in [6, 6.07) is 6.41. The van der Waals surface area contributed by atoms with Crippen molar-refractivity contribution in [2.75, 3.05) is 13.1 Å². The van der Waals surface area contributed by atoms with Crippen LogP contribution in [0.4, 0.5) is 0 Å². The first-order valence-corrected chi connectivity index (χ1v) is 6.10. The van der Waals surface area contributed by atoms with Gasteiger partial charge < -0.3 is 9.02 Å². The Balaban J connectivity index is 2.63. The van der Waals surface area contributed by atoms with Crippen LogP contribution in [0.1, 0.15) is 13.8 Å². The summed E-state index contributed by atoms with van der Waals surface area (Å²) >= 11 is 0. The van der Waals surface area contributed by atoms with Gasteiger partial charge in [-0.15, -0.1) is 5.06 Å². The van der Waals surface area contributed by atoms with E-state index in [0.29, 0.717) is 5.75 Å². The van der Waals surface area contributed by atoms with Gasteiger partial charge >= 0.3 is 0 Å². The molecule has 0 heterocycles. The molecule has 0 amide bonds. The molecule has 16 heavy (non-hydrogen) atoms. The van der Waals surface area contributed by atoms with E-state index in [-0.39, 0.29) is 5.75 Å². The first-order chi connectivity index (χ1) is 7.65. The van der Waals surface area contributed by atoms with Crippen molar-refractivity contribution >= 4 is 11.0 Å². The van der Waals surface area contributed by atoms with Crippen LogP contribution in [0.5, 0.6) is 11.5 Å². The van der Waals surface area contributed by atoms with Gasteiger partial charge in [0.15, 0.2) is 0 Å². The van der Waals surface area contributed by atoms with E-state index in [0.717, 1.165) is 13.1 Å². The molecule has 0 spiro atoms. The Morgan fingerprint density at radius 3 is 2.00 bits per heavy atom. The largest absolute Gasteiger partial charge is 0.406 e. The van der Waals surface area contributed by atoms with Gasteiger partial charge in [-0.25, -0.2) is 0 Å². The average molecular weight is 245 g/mol. The van der Waals surface area contributed by atoms with Crippen molar-refractivity contribution < 1.29 is 17.4 Å². The van der Waals surface area contributed by atoms with Crippen LogP contribution in [0.15, 0.2) is 24.3 Å². The number of benzene rings is 1. The molecule has 0 aliphatic rings. The van der Waals surface area contributed by atoms with E-state index in [1.54, 1.807) is 29.3 Å². The second kappa shape index (κ2) is 6.34. The zero-order valence-electron chi connectivity index (χ0n) is 9.25. The van der Waals surface area contributed by atoms with Gasteiger partial charge in [0.1, 0.15) is 11.5 Å². The fraction of sp³-hybridized carbons (Fsp3) is 0.400. The SMILES string of the molecule is CCN(CC)Oc1ccc(O[SH](=O)=O)cc1. The monoisotopic (exact) mass is 245 g/mol. The molecule has 0 unspecified atom stereocenters. The predicted octanol–water partition coefficient (Wildman–Crippen LogP) is 1.23. The van der Waals surface area contributed by atoms with E-state index in [9.17, 15) is 8.42 Å². The summed E-state index contributed by atoms with van der Waals surface area (Å²) in [5.41, 5.74) is 0. The first kappa shape index (κ1) is 12.8. The highest BCUT2D eigenvalue weighted by atomic mass is 32.2. The molecule has 0 aliphatic heterocycles. The molecule has 0 N–H and O–H groups in total. The molecule has 1 aromatic carbocycles. The third-order valence-electron chi connectivity index (χ3n) is 1.94. The molecule has 0 fully saturated rings. The number of nitrogens with zero attached hydrogens (tertiary/aromatic N) is 1. The first-order valence-electron chi connectivity index (χ1n) is 5.01. The van der Waals surface area contributed by atoms with Gasteiger partial charge in [0.25, 0.3) is 11.0 Å². The third-order valence-corrected chi connectivity index (χ3v) is 2.30. The molecular formula is C10H15NO4S. The summed E-state index contributed by atoms with van der Waals surface area (Å²) in [4.78, 5) is 5.50. The minimum Gasteiger partial charge on any atom is -0.406 e. The lowest BCUT2D eigenvalue weighted by Gasteiger charge is -2.18. The fourth-order valence-electron chi connectivity index (χ4n) is 1.15. The topological polar surface area (TPSA) is 55.8 Å². The van der Waals surface area contributed by atoms with Gasteiger partial charge in [-0.1, -0.05) is 0 Å². The third kappa shape index (κ3) is 4.08. The highest BCUT2D eigenvalue weighted by Gasteiger charge is 2.02. The highest BCUT2D eigenvalue weighted by molar-refractivity contribution is 7.67. The Hall–Kier alpha value is -1.27. The molecule has 0 aliphatic carbocycles. The van der Waals surface area contributed by atoms with Crippen LogP contribution in [0.25, 0.3) is 0 Å². The Kier molecular flexibility index (Phi) is 5.07. The van der Waals surface area contributed by atoms with Crippen molar-refractivity contribution in [3.05, 3.63) is 24.3 Å². The maximum absolute atomic E-state index is 10.3. The van der Waals surface area contributed by atoms with Gasteiger partial charge in [-0.05, 0) is 38.1 Å². The van der Waals surface area contributed by atoms with Crippen molar-refractivity contribution in [1.29, 1.82) is 0 Å². The number of hydroxylamine groups is 2. The van der Waals surface area contributed by atoms with Crippen molar-refractivity contribution in [3.8, 4) is 11.5 Å². The average Bonchev–Trinajstić information content (AvgIpc) is 2.27. The van der Waals surface area contributed by atoms with Crippen molar-refractivity contribution in [3.63, 3.8) is 0 Å². The lowest BCUT2D eigenvalue weighted by Crippen LogP contribution is -2.26. The molecule has 0 bridgehead atoms. The van der Waals surface area contributed by atoms with E-state index in [1.165, 1.54) is 0 Å². The van der Waals surface area contributed by atoms with Gasteiger partial charge in [0.2, 0.25) is 0 Å². The minimum absolute atomic E-state index is 0.281. The zero-order valence-corrected chi connectivity index (χ0v) is 10.1. The van der Waals surface area contributed by atoms with Gasteiger partial charge in [-0.2, -0.15) is 8.42 Å². The maximum Gasteiger partial charge on any atom is 0.299 e. The van der Waals surface area contributed by atoms with E-state index in [2.05, 4.69) is 4.18 Å². The van der Waals surface area contributed by atoms with Crippen LogP contribution >= 0.6 is 0 Å². The van der Waals surface area contributed by atoms with Crippen LogP contribution < -0.4 is 9.02 Å². The molecule has 0 aromatic heterocycles. The standard InChI is InChI=1S/C10H15NO4S/c1-3-11(4-2)14-9-5-7-10(8-6-9)15-16(12)13/h5-8,16H,3-4H2,1-2H3. The van der Waals surface area contributed by atoms with Gasteiger partial charge in [0, 0.05) is 13.1 Å². The van der Waals surface area contributed by atoms with Crippen LogP contribution in [-0.2, 0) is 11.0 Å². The molecule has 90 valence electrons. The summed E-state index contributed by atoms with van der Waals surface area (Å²) in [5.74, 6) is 0.931. The molecule has 0 saturated heterocycles. The number of thiol groups is 1. The zero-order chi connectivity index (χ0) is 12.0. The number of rotatable bonds is 6. The minimum atomic E-state index is -2.86. The van der Waals surface area contributed by atoms with Crippen LogP contribution in [0.3, 0.4) is 0 Å². The second-order valence-corrected chi connectivity index (χ2v) is 3.62. The van der Waals surface area contributed by atoms with E-state index < -0.39 is 11.0 Å². The summed E-state index contributed by atoms with van der Waals surface area (Å²) in [6.45, 7) is 5.54. The Morgan fingerprint density at radius 2 is 1.56 bits per heavy atom. The number of hydrogen-bond donors (Lipinski definition) is 1. The predicted molar refractivity (Wildman–Crippen MR) is 60.9 cm³/mol. The van der Waals surface area contributed by atoms with Crippen LogP contribution in [0, 0.1) is 0 Å². The summed E-state index contributed by atoms with van der Waals surface area (Å²) in [7, 11) is -2.86. The lowest BCUT2D eigenvalue weighted by molar-refractivity contribution is -0.0486. The van der Waals surface area contributed by atoms with Gasteiger partial charge in [-0.3, -0.25) is 0 Å². The molecule has 1 aromatic rings. The Morgan fingerprint density at radius 1 is 1.06 bits per heavy atom. The molecular weight excluding hydrogens is 230 g/mol. The smallest absolute Gasteiger partial charge is 0.299 e.